The third-order valence-corrected chi connectivity index (χ3v) is 4.84. The summed E-state index contributed by atoms with van der Waals surface area (Å²) in [5.74, 6) is 0. The summed E-state index contributed by atoms with van der Waals surface area (Å²) in [7, 11) is -1.88. The molecule has 0 saturated carbocycles. The zero-order chi connectivity index (χ0) is 12.6. The molecule has 1 heterocycles. The first-order chi connectivity index (χ1) is 7.93. The topological polar surface area (TPSA) is 52.0 Å². The smallest absolute Gasteiger partial charge is 0.226 e. The predicted octanol–water partition coefficient (Wildman–Crippen LogP) is 1.85. The van der Waals surface area contributed by atoms with Gasteiger partial charge in [0.05, 0.1) is 11.2 Å². The highest BCUT2D eigenvalue weighted by Crippen LogP contribution is 2.24. The van der Waals surface area contributed by atoms with Crippen LogP contribution >= 0.6 is 12.6 Å². The number of hydrogen-bond acceptors (Lipinski definition) is 4. The maximum atomic E-state index is 12.3. The fraction of sp³-hybridized carbons (Fsp3) is 0.182. The molecule has 0 bridgehead atoms. The molecule has 2 rings (SSSR count). The van der Waals surface area contributed by atoms with Gasteiger partial charge in [-0.3, -0.25) is 0 Å². The SMILES string of the molecule is Cc1ccc(S(=O)(=O)c2ncn(C)c2S)cc1. The second-order valence-electron chi connectivity index (χ2n) is 3.80. The monoisotopic (exact) mass is 268 g/mol. The molecule has 0 radical (unpaired) electrons. The maximum Gasteiger partial charge on any atom is 0.226 e. The number of benzene rings is 1. The average Bonchev–Trinajstić information content (AvgIpc) is 2.61. The molecule has 0 fully saturated rings. The van der Waals surface area contributed by atoms with Crippen LogP contribution in [0.4, 0.5) is 0 Å². The number of rotatable bonds is 2. The van der Waals surface area contributed by atoms with E-state index in [0.29, 0.717) is 5.03 Å². The Bertz CT molecular complexity index is 643. The summed E-state index contributed by atoms with van der Waals surface area (Å²) in [6.45, 7) is 1.90. The van der Waals surface area contributed by atoms with Crippen LogP contribution in [0.5, 0.6) is 0 Å². The van der Waals surface area contributed by atoms with Crippen molar-refractivity contribution in [2.75, 3.05) is 0 Å². The molecule has 6 heteroatoms. The molecule has 1 aromatic heterocycles. The van der Waals surface area contributed by atoms with E-state index in [1.54, 1.807) is 35.9 Å². The van der Waals surface area contributed by atoms with E-state index >= 15 is 0 Å². The van der Waals surface area contributed by atoms with E-state index in [9.17, 15) is 8.42 Å². The van der Waals surface area contributed by atoms with Gasteiger partial charge in [0.2, 0.25) is 9.84 Å². The normalized spacial score (nSPS) is 11.7. The number of thiol groups is 1. The number of aryl methyl sites for hydroxylation is 2. The Hall–Kier alpha value is -1.27. The fourth-order valence-electron chi connectivity index (χ4n) is 1.42. The van der Waals surface area contributed by atoms with Crippen molar-refractivity contribution in [2.24, 2.45) is 7.05 Å². The Kier molecular flexibility index (Phi) is 3.01. The minimum atomic E-state index is -3.57. The van der Waals surface area contributed by atoms with Crippen LogP contribution in [0.1, 0.15) is 5.56 Å². The predicted molar refractivity (Wildman–Crippen MR) is 67.1 cm³/mol. The third-order valence-electron chi connectivity index (χ3n) is 2.46. The Morgan fingerprint density at radius 3 is 2.29 bits per heavy atom. The Balaban J connectivity index is 2.58. The molecule has 1 aromatic carbocycles. The number of aromatic nitrogens is 2. The van der Waals surface area contributed by atoms with Crippen molar-refractivity contribution in [3.8, 4) is 0 Å². The summed E-state index contributed by atoms with van der Waals surface area (Å²) in [6, 6.07) is 6.67. The highest BCUT2D eigenvalue weighted by atomic mass is 32.2. The van der Waals surface area contributed by atoms with Crippen molar-refractivity contribution in [3.63, 3.8) is 0 Å². The summed E-state index contributed by atoms with van der Waals surface area (Å²) in [4.78, 5) is 4.12. The molecule has 0 saturated heterocycles. The van der Waals surface area contributed by atoms with Crippen LogP contribution in [0, 0.1) is 6.92 Å². The molecule has 0 aliphatic carbocycles. The molecule has 0 amide bonds. The molecule has 0 unspecified atom stereocenters. The van der Waals surface area contributed by atoms with E-state index in [0.717, 1.165) is 5.56 Å². The van der Waals surface area contributed by atoms with E-state index in [-0.39, 0.29) is 9.92 Å². The number of hydrogen-bond donors (Lipinski definition) is 1. The van der Waals surface area contributed by atoms with Crippen molar-refractivity contribution < 1.29 is 8.42 Å². The van der Waals surface area contributed by atoms with Gasteiger partial charge in [-0.15, -0.1) is 12.6 Å². The molecule has 2 aromatic rings. The van der Waals surface area contributed by atoms with Crippen molar-refractivity contribution >= 4 is 22.5 Å². The Labute approximate surface area is 106 Å². The van der Waals surface area contributed by atoms with E-state index < -0.39 is 9.84 Å². The van der Waals surface area contributed by atoms with Gasteiger partial charge in [0.1, 0.15) is 5.03 Å². The summed E-state index contributed by atoms with van der Waals surface area (Å²) in [5, 5.41) is 0.331. The van der Waals surface area contributed by atoms with Gasteiger partial charge in [-0.25, -0.2) is 13.4 Å². The van der Waals surface area contributed by atoms with Crippen LogP contribution < -0.4 is 0 Å². The van der Waals surface area contributed by atoms with Crippen LogP contribution in [0.3, 0.4) is 0 Å². The highest BCUT2D eigenvalue weighted by molar-refractivity contribution is 7.92. The lowest BCUT2D eigenvalue weighted by molar-refractivity contribution is 0.589. The molecular formula is C11H12N2O2S2. The van der Waals surface area contributed by atoms with Gasteiger partial charge >= 0.3 is 0 Å². The summed E-state index contributed by atoms with van der Waals surface area (Å²) < 4.78 is 26.1. The Morgan fingerprint density at radius 1 is 1.24 bits per heavy atom. The van der Waals surface area contributed by atoms with Gasteiger partial charge in [0, 0.05) is 7.05 Å². The fourth-order valence-corrected chi connectivity index (χ4v) is 3.18. The molecule has 0 N–H and O–H groups in total. The van der Waals surface area contributed by atoms with Crippen molar-refractivity contribution in [2.45, 2.75) is 21.9 Å². The molecule has 0 aliphatic rings. The molecular weight excluding hydrogens is 256 g/mol. The van der Waals surface area contributed by atoms with Crippen LogP contribution in [-0.4, -0.2) is 18.0 Å². The van der Waals surface area contributed by atoms with Gasteiger partial charge in [-0.2, -0.15) is 0 Å². The van der Waals surface area contributed by atoms with Crippen LogP contribution in [-0.2, 0) is 16.9 Å². The van der Waals surface area contributed by atoms with Gasteiger partial charge in [0.15, 0.2) is 5.03 Å². The summed E-state index contributed by atoms with van der Waals surface area (Å²) in [6.07, 6.45) is 1.43. The van der Waals surface area contributed by atoms with Crippen LogP contribution in [0.15, 0.2) is 45.5 Å². The summed E-state index contributed by atoms with van der Waals surface area (Å²) in [5.41, 5.74) is 1.01. The average molecular weight is 268 g/mol. The molecule has 17 heavy (non-hydrogen) atoms. The number of imidazole rings is 1. The summed E-state index contributed by atoms with van der Waals surface area (Å²) >= 11 is 4.15. The largest absolute Gasteiger partial charge is 0.328 e. The maximum absolute atomic E-state index is 12.3. The lowest BCUT2D eigenvalue weighted by Crippen LogP contribution is -2.04. The zero-order valence-electron chi connectivity index (χ0n) is 9.45. The van der Waals surface area contributed by atoms with Crippen LogP contribution in [0.25, 0.3) is 0 Å². The number of nitrogens with zero attached hydrogens (tertiary/aromatic N) is 2. The lowest BCUT2D eigenvalue weighted by atomic mass is 10.2. The van der Waals surface area contributed by atoms with Crippen molar-refractivity contribution in [3.05, 3.63) is 36.2 Å². The first-order valence-electron chi connectivity index (χ1n) is 4.95. The van der Waals surface area contributed by atoms with Gasteiger partial charge in [0.25, 0.3) is 0 Å². The van der Waals surface area contributed by atoms with Crippen molar-refractivity contribution in [1.82, 2.24) is 9.55 Å². The van der Waals surface area contributed by atoms with E-state index in [1.807, 2.05) is 6.92 Å². The van der Waals surface area contributed by atoms with Gasteiger partial charge in [-0.05, 0) is 19.1 Å². The van der Waals surface area contributed by atoms with Crippen molar-refractivity contribution in [1.29, 1.82) is 0 Å². The molecule has 90 valence electrons. The number of sulfone groups is 1. The second-order valence-corrected chi connectivity index (χ2v) is 6.09. The van der Waals surface area contributed by atoms with Gasteiger partial charge in [-0.1, -0.05) is 17.7 Å². The first-order valence-corrected chi connectivity index (χ1v) is 6.88. The van der Waals surface area contributed by atoms with Gasteiger partial charge < -0.3 is 4.57 Å². The lowest BCUT2D eigenvalue weighted by Gasteiger charge is -2.03. The first kappa shape index (κ1) is 12.2. The molecule has 0 spiro atoms. The zero-order valence-corrected chi connectivity index (χ0v) is 11.2. The third kappa shape index (κ3) is 2.10. The minimum absolute atomic E-state index is 0.00723. The van der Waals surface area contributed by atoms with E-state index in [4.69, 9.17) is 0 Å². The minimum Gasteiger partial charge on any atom is -0.328 e. The molecule has 0 atom stereocenters. The van der Waals surface area contributed by atoms with E-state index in [1.165, 1.54) is 6.33 Å². The standard InChI is InChI=1S/C11H12N2O2S2/c1-8-3-5-9(6-4-8)17(14,15)10-11(16)13(2)7-12-10/h3-7,16H,1-2H3. The van der Waals surface area contributed by atoms with Crippen LogP contribution in [0.2, 0.25) is 0 Å². The highest BCUT2D eigenvalue weighted by Gasteiger charge is 2.23. The quantitative estimate of drug-likeness (QED) is 0.846. The molecule has 4 nitrogen and oxygen atoms in total. The Morgan fingerprint density at radius 2 is 1.82 bits per heavy atom. The molecule has 0 aliphatic heterocycles. The second kappa shape index (κ2) is 4.19. The van der Waals surface area contributed by atoms with E-state index in [2.05, 4.69) is 17.6 Å².